The molecule has 2 aromatic rings. The van der Waals surface area contributed by atoms with E-state index in [2.05, 4.69) is 0 Å². The molecule has 4 atom stereocenters. The van der Waals surface area contributed by atoms with Gasteiger partial charge in [0.2, 0.25) is 0 Å². The number of H-pyrrole nitrogens is 1. The van der Waals surface area contributed by atoms with Crippen LogP contribution in [0.25, 0.3) is 0 Å². The van der Waals surface area contributed by atoms with E-state index < -0.39 is 70.6 Å². The fourth-order valence-corrected chi connectivity index (χ4v) is 4.84. The van der Waals surface area contributed by atoms with Gasteiger partial charge in [-0.3, -0.25) is 23.3 Å². The van der Waals surface area contributed by atoms with Crippen LogP contribution in [0.1, 0.15) is 17.4 Å². The largest absolute Gasteiger partial charge is 0.471 e. The fraction of sp³-hybridized carbons (Fsp3) is 0.476. The molecule has 2 saturated heterocycles. The van der Waals surface area contributed by atoms with E-state index in [0.717, 1.165) is 17.0 Å². The second kappa shape index (κ2) is 9.14. The molecule has 1 aromatic heterocycles. The third-order valence-electron chi connectivity index (χ3n) is 5.99. The van der Waals surface area contributed by atoms with Crippen LogP contribution in [-0.4, -0.2) is 72.1 Å². The Morgan fingerprint density at radius 1 is 1.25 bits per heavy atom. The lowest BCUT2D eigenvalue weighted by atomic mass is 10.00. The summed E-state index contributed by atoms with van der Waals surface area (Å²) < 4.78 is 81.6. The first kappa shape index (κ1) is 26.1. The number of ether oxygens (including phenoxy) is 2. The predicted molar refractivity (Wildman–Crippen MR) is 116 cm³/mol. The van der Waals surface area contributed by atoms with Crippen molar-refractivity contribution in [2.45, 2.75) is 43.7 Å². The van der Waals surface area contributed by atoms with Crippen LogP contribution in [0.3, 0.4) is 0 Å². The van der Waals surface area contributed by atoms with Gasteiger partial charge < -0.3 is 14.4 Å². The van der Waals surface area contributed by atoms with E-state index in [4.69, 9.17) is 13.7 Å². The van der Waals surface area contributed by atoms with Crippen molar-refractivity contribution in [3.05, 3.63) is 68.5 Å². The van der Waals surface area contributed by atoms with Crippen LogP contribution in [0.2, 0.25) is 0 Å². The molecule has 0 spiro atoms. The Morgan fingerprint density at radius 3 is 2.53 bits per heavy atom. The van der Waals surface area contributed by atoms with Crippen molar-refractivity contribution < 1.29 is 40.0 Å². The number of carbonyl (C=O) groups excluding carboxylic acids is 1. The van der Waals surface area contributed by atoms with Crippen molar-refractivity contribution in [1.29, 1.82) is 0 Å². The van der Waals surface area contributed by atoms with Crippen LogP contribution in [0.15, 0.2) is 46.1 Å². The second-order valence-corrected chi connectivity index (χ2v) is 10.3. The molecule has 2 bridgehead atoms. The number of nitrogens with zero attached hydrogens (tertiary/aromatic N) is 2. The van der Waals surface area contributed by atoms with Gasteiger partial charge in [0.1, 0.15) is 17.7 Å². The first-order valence-corrected chi connectivity index (χ1v) is 12.4. The van der Waals surface area contributed by atoms with Crippen LogP contribution in [0, 0.1) is 6.92 Å². The minimum Gasteiger partial charge on any atom is -0.368 e. The van der Waals surface area contributed by atoms with Crippen LogP contribution in [0.4, 0.5) is 13.2 Å². The van der Waals surface area contributed by atoms with Gasteiger partial charge in [0.15, 0.2) is 6.23 Å². The first-order chi connectivity index (χ1) is 16.7. The highest BCUT2D eigenvalue weighted by atomic mass is 32.2. The summed E-state index contributed by atoms with van der Waals surface area (Å²) in [7, 11) is -4.08. The number of nitrogens with one attached hydrogen (secondary N) is 1. The highest BCUT2D eigenvalue weighted by Gasteiger charge is 2.68. The van der Waals surface area contributed by atoms with E-state index in [1.807, 2.05) is 4.98 Å². The molecular weight excluding hydrogens is 511 g/mol. The number of aromatic nitrogens is 2. The minimum atomic E-state index is -5.27. The van der Waals surface area contributed by atoms with Crippen molar-refractivity contribution in [3.63, 3.8) is 0 Å². The summed E-state index contributed by atoms with van der Waals surface area (Å²) in [5.41, 5.74) is -2.89. The number of amides is 1. The number of aryl methyl sites for hydroxylation is 1. The maximum atomic E-state index is 13.5. The van der Waals surface area contributed by atoms with Gasteiger partial charge in [0.05, 0.1) is 26.0 Å². The van der Waals surface area contributed by atoms with Gasteiger partial charge >= 0.3 is 17.8 Å². The van der Waals surface area contributed by atoms with Crippen molar-refractivity contribution in [1.82, 2.24) is 14.5 Å². The third-order valence-corrected chi connectivity index (χ3v) is 6.53. The molecule has 0 saturated carbocycles. The predicted octanol–water partition coefficient (Wildman–Crippen LogP) is 0.447. The lowest BCUT2D eigenvalue weighted by molar-refractivity contribution is -0.202. The van der Waals surface area contributed by atoms with Crippen molar-refractivity contribution in [2.75, 3.05) is 19.4 Å². The van der Waals surface area contributed by atoms with E-state index in [1.165, 1.54) is 6.92 Å². The SMILES string of the molecule is Cc1cn([C@@H]2O[C@]3(COS(C)(=O)=O)CN(C(=O)C(F)(F)F)[C@H]2[C@H]3OCc2ccccc2)c(=O)[nH]c1=O. The number of benzene rings is 1. The number of alkyl halides is 3. The Labute approximate surface area is 202 Å². The molecule has 1 amide bonds. The number of halogens is 3. The number of carbonyl (C=O) groups is 1. The molecule has 2 fully saturated rings. The average Bonchev–Trinajstić information content (AvgIpc) is 3.27. The minimum absolute atomic E-state index is 0.0536. The summed E-state index contributed by atoms with van der Waals surface area (Å²) in [4.78, 5) is 39.3. The number of likely N-dealkylation sites (tertiary alicyclic amines) is 1. The number of fused-ring (bicyclic) bond motifs is 2. The molecule has 1 N–H and O–H groups in total. The topological polar surface area (TPSA) is 137 Å². The molecule has 0 aliphatic carbocycles. The normalized spacial score (nSPS) is 25.9. The molecule has 11 nitrogen and oxygen atoms in total. The summed E-state index contributed by atoms with van der Waals surface area (Å²) in [6.45, 7) is -0.242. The lowest BCUT2D eigenvalue weighted by Crippen LogP contribution is -2.54. The zero-order valence-corrected chi connectivity index (χ0v) is 19.8. The average molecular weight is 533 g/mol. The van der Waals surface area contributed by atoms with Crippen molar-refractivity contribution in [3.8, 4) is 0 Å². The van der Waals surface area contributed by atoms with Gasteiger partial charge in [-0.1, -0.05) is 30.3 Å². The number of hydrogen-bond acceptors (Lipinski definition) is 8. The van der Waals surface area contributed by atoms with Gasteiger partial charge in [-0.2, -0.15) is 21.6 Å². The Balaban J connectivity index is 1.81. The van der Waals surface area contributed by atoms with E-state index in [-0.39, 0.29) is 12.2 Å². The maximum absolute atomic E-state index is 13.5. The number of aromatic amines is 1. The van der Waals surface area contributed by atoms with E-state index in [0.29, 0.717) is 10.5 Å². The lowest BCUT2D eigenvalue weighted by Gasteiger charge is -2.37. The highest BCUT2D eigenvalue weighted by Crippen LogP contribution is 2.49. The molecule has 3 heterocycles. The van der Waals surface area contributed by atoms with E-state index in [1.54, 1.807) is 30.3 Å². The molecule has 2 aliphatic heterocycles. The van der Waals surface area contributed by atoms with E-state index in [9.17, 15) is 36.0 Å². The Kier molecular flexibility index (Phi) is 6.61. The molecule has 196 valence electrons. The van der Waals surface area contributed by atoms with Gasteiger partial charge in [-0.05, 0) is 12.5 Å². The summed E-state index contributed by atoms with van der Waals surface area (Å²) in [5.74, 6) is -2.22. The fourth-order valence-electron chi connectivity index (χ4n) is 4.42. The quantitative estimate of drug-likeness (QED) is 0.507. The summed E-state index contributed by atoms with van der Waals surface area (Å²) in [5, 5.41) is 0. The van der Waals surface area contributed by atoms with Crippen LogP contribution < -0.4 is 11.2 Å². The van der Waals surface area contributed by atoms with Gasteiger partial charge in [0.25, 0.3) is 15.7 Å². The Morgan fingerprint density at radius 2 is 1.92 bits per heavy atom. The molecular formula is C21H22F3N3O8S. The molecule has 1 aromatic carbocycles. The van der Waals surface area contributed by atoms with Crippen LogP contribution in [0.5, 0.6) is 0 Å². The molecule has 2 aliphatic rings. The number of morpholine rings is 1. The highest BCUT2D eigenvalue weighted by molar-refractivity contribution is 7.85. The van der Waals surface area contributed by atoms with Crippen LogP contribution >= 0.6 is 0 Å². The standard InChI is InChI=1S/C21H22F3N3O8S/c1-12-8-26(19(30)25-16(12)28)17-14-15(33-9-13-6-4-3-5-7-13)20(35-17,11-34-36(2,31)32)10-27(14)18(29)21(22,23)24/h3-8,14-15,17H,9-11H2,1-2H3,(H,25,28,30)/t14-,15+,17+,20-/m0/s1. The Hall–Kier alpha value is -3.01. The maximum Gasteiger partial charge on any atom is 0.471 e. The van der Waals surface area contributed by atoms with E-state index >= 15 is 0 Å². The number of rotatable bonds is 7. The molecule has 4 rings (SSSR count). The van der Waals surface area contributed by atoms with Crippen molar-refractivity contribution >= 4 is 16.0 Å². The molecule has 0 radical (unpaired) electrons. The monoisotopic (exact) mass is 533 g/mol. The second-order valence-electron chi connectivity index (χ2n) is 8.66. The van der Waals surface area contributed by atoms with Gasteiger partial charge in [-0.25, -0.2) is 4.79 Å². The summed E-state index contributed by atoms with van der Waals surface area (Å²) in [6.07, 6.45) is -6.31. The molecule has 36 heavy (non-hydrogen) atoms. The van der Waals surface area contributed by atoms with Crippen LogP contribution in [-0.2, 0) is 35.2 Å². The summed E-state index contributed by atoms with van der Waals surface area (Å²) >= 11 is 0. The molecule has 15 heteroatoms. The third kappa shape index (κ3) is 4.96. The van der Waals surface area contributed by atoms with Crippen molar-refractivity contribution in [2.24, 2.45) is 0 Å². The zero-order valence-electron chi connectivity index (χ0n) is 19.0. The first-order valence-electron chi connectivity index (χ1n) is 10.6. The Bertz CT molecular complexity index is 1380. The number of hydrogen-bond donors (Lipinski definition) is 1. The smallest absolute Gasteiger partial charge is 0.368 e. The van der Waals surface area contributed by atoms with Gasteiger partial charge in [-0.15, -0.1) is 0 Å². The van der Waals surface area contributed by atoms with Gasteiger partial charge in [0, 0.05) is 11.8 Å². The zero-order chi connectivity index (χ0) is 26.5. The summed E-state index contributed by atoms with van der Waals surface area (Å²) in [6, 6.07) is 7.07. The molecule has 0 unspecified atom stereocenters.